The quantitative estimate of drug-likeness (QED) is 0.479. The Hall–Kier alpha value is -3.46. The van der Waals surface area contributed by atoms with Crippen LogP contribution in [0.2, 0.25) is 0 Å². The van der Waals surface area contributed by atoms with E-state index in [0.29, 0.717) is 12.4 Å². The lowest BCUT2D eigenvalue weighted by Gasteiger charge is -2.31. The predicted molar refractivity (Wildman–Crippen MR) is 114 cm³/mol. The van der Waals surface area contributed by atoms with E-state index in [4.69, 9.17) is 15.5 Å². The smallest absolute Gasteiger partial charge is 0.248 e. The molecule has 0 saturated carbocycles. The van der Waals surface area contributed by atoms with Gasteiger partial charge in [0.25, 0.3) is 0 Å². The van der Waals surface area contributed by atoms with E-state index in [1.54, 1.807) is 6.20 Å². The van der Waals surface area contributed by atoms with Crippen LogP contribution in [0, 0.1) is 0 Å². The molecule has 1 aliphatic heterocycles. The van der Waals surface area contributed by atoms with Gasteiger partial charge in [0.05, 0.1) is 11.2 Å². The van der Waals surface area contributed by atoms with Crippen molar-refractivity contribution in [2.45, 2.75) is 18.8 Å². The van der Waals surface area contributed by atoms with Crippen LogP contribution in [0.1, 0.15) is 24.6 Å². The number of hydrogen-bond acceptors (Lipinski definition) is 6. The molecule has 4 aromatic rings. The number of nitrogens with one attached hydrogen (secondary N) is 2. The van der Waals surface area contributed by atoms with Gasteiger partial charge in [-0.3, -0.25) is 9.89 Å². The first-order valence-electron chi connectivity index (χ1n) is 9.99. The van der Waals surface area contributed by atoms with Crippen LogP contribution in [0.15, 0.2) is 30.5 Å². The van der Waals surface area contributed by atoms with Crippen LogP contribution in [0.25, 0.3) is 33.2 Å². The van der Waals surface area contributed by atoms with Gasteiger partial charge in [-0.1, -0.05) is 6.07 Å². The van der Waals surface area contributed by atoms with Crippen molar-refractivity contribution < 1.29 is 9.53 Å². The molecule has 9 nitrogen and oxygen atoms in total. The van der Waals surface area contributed by atoms with Crippen LogP contribution in [-0.4, -0.2) is 62.8 Å². The highest BCUT2D eigenvalue weighted by molar-refractivity contribution is 6.07. The molecular formula is C21H23N7O2. The van der Waals surface area contributed by atoms with Crippen LogP contribution in [0.3, 0.4) is 0 Å². The highest BCUT2D eigenvalue weighted by Crippen LogP contribution is 2.32. The molecule has 4 N–H and O–H groups in total. The lowest BCUT2D eigenvalue weighted by atomic mass is 9.97. The number of imidazole rings is 1. The third kappa shape index (κ3) is 3.17. The number of amides is 1. The first kappa shape index (κ1) is 18.6. The van der Waals surface area contributed by atoms with Crippen molar-refractivity contribution in [1.29, 1.82) is 0 Å². The Morgan fingerprint density at radius 2 is 2.23 bits per heavy atom. The third-order valence-corrected chi connectivity index (χ3v) is 5.71. The van der Waals surface area contributed by atoms with E-state index in [-0.39, 0.29) is 18.4 Å². The molecule has 1 saturated heterocycles. The molecule has 0 bridgehead atoms. The van der Waals surface area contributed by atoms with E-state index in [9.17, 15) is 4.79 Å². The average molecular weight is 405 g/mol. The molecular weight excluding hydrogens is 382 g/mol. The molecule has 1 fully saturated rings. The molecule has 1 atom stereocenters. The Bertz CT molecular complexity index is 1220. The summed E-state index contributed by atoms with van der Waals surface area (Å²) in [6.45, 7) is 1.48. The number of H-pyrrole nitrogens is 2. The van der Waals surface area contributed by atoms with E-state index in [1.807, 2.05) is 29.2 Å². The molecule has 154 valence electrons. The first-order chi connectivity index (χ1) is 14.6. The van der Waals surface area contributed by atoms with Crippen molar-refractivity contribution in [1.82, 2.24) is 30.0 Å². The molecule has 1 aromatic carbocycles. The molecule has 3 aromatic heterocycles. The highest BCUT2D eigenvalue weighted by Gasteiger charge is 2.27. The van der Waals surface area contributed by atoms with Crippen molar-refractivity contribution in [2.24, 2.45) is 0 Å². The minimum Gasteiger partial charge on any atom is -0.382 e. The number of nitrogens with two attached hydrogens (primary N) is 1. The number of carbonyl (C=O) groups is 1. The topological polar surface area (TPSA) is 126 Å². The molecule has 0 radical (unpaired) electrons. The number of aromatic amines is 2. The number of likely N-dealkylation sites (tertiary alicyclic amines) is 1. The molecule has 4 heterocycles. The van der Waals surface area contributed by atoms with Crippen LogP contribution < -0.4 is 5.73 Å². The lowest BCUT2D eigenvalue weighted by Crippen LogP contribution is -2.41. The van der Waals surface area contributed by atoms with Crippen molar-refractivity contribution in [2.75, 3.05) is 32.5 Å². The van der Waals surface area contributed by atoms with E-state index in [0.717, 1.165) is 58.4 Å². The fraction of sp³-hybridized carbons (Fsp3) is 0.333. The minimum absolute atomic E-state index is 0.0104. The summed E-state index contributed by atoms with van der Waals surface area (Å²) in [5.74, 6) is 1.40. The maximum Gasteiger partial charge on any atom is 0.248 e. The molecule has 0 aliphatic carbocycles. The number of rotatable bonds is 4. The van der Waals surface area contributed by atoms with E-state index in [1.165, 1.54) is 7.11 Å². The van der Waals surface area contributed by atoms with Crippen molar-refractivity contribution in [3.05, 3.63) is 36.3 Å². The van der Waals surface area contributed by atoms with Gasteiger partial charge in [0, 0.05) is 43.3 Å². The van der Waals surface area contributed by atoms with Gasteiger partial charge in [0.15, 0.2) is 0 Å². The van der Waals surface area contributed by atoms with Gasteiger partial charge in [-0.25, -0.2) is 9.97 Å². The number of piperidine rings is 1. The number of aromatic nitrogens is 5. The zero-order valence-corrected chi connectivity index (χ0v) is 16.7. The molecule has 1 amide bonds. The Morgan fingerprint density at radius 3 is 3.03 bits per heavy atom. The number of methoxy groups -OCH3 is 1. The van der Waals surface area contributed by atoms with Gasteiger partial charge in [-0.05, 0) is 31.0 Å². The van der Waals surface area contributed by atoms with Crippen LogP contribution in [0.5, 0.6) is 0 Å². The number of carbonyl (C=O) groups excluding carboxylic acids is 1. The normalized spacial score (nSPS) is 17.1. The number of hydrogen-bond donors (Lipinski definition) is 3. The summed E-state index contributed by atoms with van der Waals surface area (Å²) in [5, 5.41) is 7.91. The van der Waals surface area contributed by atoms with Gasteiger partial charge in [0.2, 0.25) is 5.91 Å². The minimum atomic E-state index is 0.0104. The lowest BCUT2D eigenvalue weighted by molar-refractivity contribution is -0.136. The summed E-state index contributed by atoms with van der Waals surface area (Å²) >= 11 is 0. The second-order valence-electron chi connectivity index (χ2n) is 7.66. The van der Waals surface area contributed by atoms with Gasteiger partial charge < -0.3 is 20.4 Å². The average Bonchev–Trinajstić information content (AvgIpc) is 3.44. The fourth-order valence-electron chi connectivity index (χ4n) is 4.20. The van der Waals surface area contributed by atoms with Crippen LogP contribution in [0.4, 0.5) is 5.82 Å². The number of pyridine rings is 1. The summed E-state index contributed by atoms with van der Waals surface area (Å²) in [5.41, 5.74) is 10.5. The van der Waals surface area contributed by atoms with E-state index >= 15 is 0 Å². The monoisotopic (exact) mass is 405 g/mol. The van der Waals surface area contributed by atoms with E-state index < -0.39 is 0 Å². The van der Waals surface area contributed by atoms with Crippen molar-refractivity contribution >= 4 is 33.7 Å². The molecule has 0 spiro atoms. The summed E-state index contributed by atoms with van der Waals surface area (Å²) in [6.07, 6.45) is 3.61. The molecule has 1 aliphatic rings. The third-order valence-electron chi connectivity index (χ3n) is 5.71. The summed E-state index contributed by atoms with van der Waals surface area (Å²) < 4.78 is 5.00. The van der Waals surface area contributed by atoms with Gasteiger partial charge in [0.1, 0.15) is 29.3 Å². The number of nitrogens with zero attached hydrogens (tertiary/aromatic N) is 4. The van der Waals surface area contributed by atoms with Crippen molar-refractivity contribution in [3.63, 3.8) is 0 Å². The number of fused-ring (bicyclic) bond motifs is 3. The van der Waals surface area contributed by atoms with Gasteiger partial charge >= 0.3 is 0 Å². The second kappa shape index (κ2) is 7.42. The van der Waals surface area contributed by atoms with Crippen molar-refractivity contribution in [3.8, 4) is 11.3 Å². The van der Waals surface area contributed by atoms with Crippen LogP contribution in [-0.2, 0) is 9.53 Å². The van der Waals surface area contributed by atoms with Gasteiger partial charge in [-0.2, -0.15) is 5.10 Å². The molecule has 30 heavy (non-hydrogen) atoms. The Labute approximate surface area is 172 Å². The summed E-state index contributed by atoms with van der Waals surface area (Å²) in [7, 11) is 1.54. The molecule has 9 heteroatoms. The SMILES string of the molecule is COCC(=O)N1CCC[C@H](c2nc3c([nH]2)c(N)nc2cc(-c4ccn[nH]4)ccc23)C1. The Morgan fingerprint density at radius 1 is 1.33 bits per heavy atom. The summed E-state index contributed by atoms with van der Waals surface area (Å²) in [4.78, 5) is 26.9. The number of nitrogen functional groups attached to an aromatic ring is 1. The number of ether oxygens (including phenoxy) is 1. The number of benzene rings is 1. The van der Waals surface area contributed by atoms with Crippen LogP contribution >= 0.6 is 0 Å². The Kier molecular flexibility index (Phi) is 4.59. The maximum atomic E-state index is 12.2. The zero-order chi connectivity index (χ0) is 20.7. The highest BCUT2D eigenvalue weighted by atomic mass is 16.5. The second-order valence-corrected chi connectivity index (χ2v) is 7.66. The predicted octanol–water partition coefficient (Wildman–Crippen LogP) is 2.44. The molecule has 5 rings (SSSR count). The van der Waals surface area contributed by atoms with E-state index in [2.05, 4.69) is 20.2 Å². The first-order valence-corrected chi connectivity index (χ1v) is 9.99. The maximum absolute atomic E-state index is 12.2. The Balaban J connectivity index is 1.52. The molecule has 0 unspecified atom stereocenters. The van der Waals surface area contributed by atoms with Gasteiger partial charge in [-0.15, -0.1) is 0 Å². The standard InChI is InChI=1S/C21H23N7O2/c1-30-11-17(29)28-8-2-3-13(10-28)21-25-18-14-5-4-12(15-6-7-23-27-15)9-16(14)24-20(22)19(18)26-21/h4-7,9,13H,2-3,8,10-11H2,1H3,(H2,22,24)(H,23,27)(H,25,26)/t13-/m0/s1. The largest absolute Gasteiger partial charge is 0.382 e. The summed E-state index contributed by atoms with van der Waals surface area (Å²) in [6, 6.07) is 7.93. The number of anilines is 1. The fourth-order valence-corrected chi connectivity index (χ4v) is 4.20. The zero-order valence-electron chi connectivity index (χ0n) is 16.7.